The SMILES string of the molecule is CNC1CCCN(C(=O)c2cnc(C(C)(C)C)s2)C1.Cl.Cl. The molecule has 122 valence electrons. The molecule has 1 atom stereocenters. The maximum Gasteiger partial charge on any atom is 0.265 e. The highest BCUT2D eigenvalue weighted by molar-refractivity contribution is 7.13. The van der Waals surface area contributed by atoms with E-state index in [0.29, 0.717) is 6.04 Å². The molecule has 2 heterocycles. The van der Waals surface area contributed by atoms with Crippen LogP contribution in [0.5, 0.6) is 0 Å². The van der Waals surface area contributed by atoms with Crippen LogP contribution >= 0.6 is 36.2 Å². The molecule has 21 heavy (non-hydrogen) atoms. The van der Waals surface area contributed by atoms with Crippen molar-refractivity contribution in [3.63, 3.8) is 0 Å². The first kappa shape index (κ1) is 20.6. The fraction of sp³-hybridized carbons (Fsp3) is 0.714. The van der Waals surface area contributed by atoms with Crippen LogP contribution in [0, 0.1) is 0 Å². The third-order valence-corrected chi connectivity index (χ3v) is 4.89. The number of aromatic nitrogens is 1. The van der Waals surface area contributed by atoms with Gasteiger partial charge in [0.2, 0.25) is 0 Å². The number of likely N-dealkylation sites (N-methyl/N-ethyl adjacent to an activating group) is 1. The topological polar surface area (TPSA) is 45.2 Å². The third kappa shape index (κ3) is 5.09. The minimum atomic E-state index is 0. The third-order valence-electron chi connectivity index (χ3n) is 3.47. The van der Waals surface area contributed by atoms with Gasteiger partial charge in [0.1, 0.15) is 4.88 Å². The Morgan fingerprint density at radius 3 is 2.62 bits per heavy atom. The Hall–Kier alpha value is -0.360. The van der Waals surface area contributed by atoms with Gasteiger partial charge < -0.3 is 10.2 Å². The zero-order valence-corrected chi connectivity index (χ0v) is 15.5. The van der Waals surface area contributed by atoms with Gasteiger partial charge in [0.25, 0.3) is 5.91 Å². The van der Waals surface area contributed by atoms with E-state index in [9.17, 15) is 4.79 Å². The molecule has 1 N–H and O–H groups in total. The summed E-state index contributed by atoms with van der Waals surface area (Å²) in [6.45, 7) is 8.03. The Bertz CT molecular complexity index is 459. The van der Waals surface area contributed by atoms with Crippen LogP contribution in [0.1, 0.15) is 48.3 Å². The lowest BCUT2D eigenvalue weighted by Gasteiger charge is -2.32. The van der Waals surface area contributed by atoms with E-state index in [-0.39, 0.29) is 36.1 Å². The summed E-state index contributed by atoms with van der Waals surface area (Å²) >= 11 is 1.53. The summed E-state index contributed by atoms with van der Waals surface area (Å²) in [5, 5.41) is 4.29. The van der Waals surface area contributed by atoms with Gasteiger partial charge in [-0.3, -0.25) is 4.79 Å². The Balaban J connectivity index is 0.00000200. The molecule has 0 aromatic carbocycles. The normalized spacial score (nSPS) is 18.7. The number of rotatable bonds is 2. The first-order chi connectivity index (χ1) is 8.91. The van der Waals surface area contributed by atoms with Crippen LogP contribution in [-0.2, 0) is 5.41 Å². The summed E-state index contributed by atoms with van der Waals surface area (Å²) in [5.74, 6) is 0.132. The number of piperidine rings is 1. The molecule has 1 unspecified atom stereocenters. The summed E-state index contributed by atoms with van der Waals surface area (Å²) < 4.78 is 0. The number of carbonyl (C=O) groups is 1. The zero-order valence-electron chi connectivity index (χ0n) is 13.0. The highest BCUT2D eigenvalue weighted by Crippen LogP contribution is 2.27. The molecule has 1 aliphatic heterocycles. The fourth-order valence-electron chi connectivity index (χ4n) is 2.27. The summed E-state index contributed by atoms with van der Waals surface area (Å²) in [4.78, 5) is 19.6. The van der Waals surface area contributed by atoms with E-state index in [1.54, 1.807) is 6.20 Å². The van der Waals surface area contributed by atoms with E-state index in [0.717, 1.165) is 35.8 Å². The average molecular weight is 354 g/mol. The van der Waals surface area contributed by atoms with Crippen molar-refractivity contribution in [1.82, 2.24) is 15.2 Å². The second-order valence-corrected chi connectivity index (χ2v) is 7.19. The van der Waals surface area contributed by atoms with E-state index in [1.165, 1.54) is 11.3 Å². The number of hydrogen-bond donors (Lipinski definition) is 1. The van der Waals surface area contributed by atoms with E-state index in [2.05, 4.69) is 31.1 Å². The monoisotopic (exact) mass is 353 g/mol. The van der Waals surface area contributed by atoms with Crippen LogP contribution in [0.3, 0.4) is 0 Å². The number of nitrogens with zero attached hydrogens (tertiary/aromatic N) is 2. The maximum atomic E-state index is 12.5. The Kier molecular flexibility index (Phi) is 8.18. The van der Waals surface area contributed by atoms with Crippen LogP contribution in [-0.4, -0.2) is 42.0 Å². The number of halogens is 2. The van der Waals surface area contributed by atoms with Crippen LogP contribution in [0.15, 0.2) is 6.20 Å². The van der Waals surface area contributed by atoms with E-state index in [4.69, 9.17) is 0 Å². The van der Waals surface area contributed by atoms with Crippen molar-refractivity contribution < 1.29 is 4.79 Å². The Morgan fingerprint density at radius 1 is 1.43 bits per heavy atom. The predicted molar refractivity (Wildman–Crippen MR) is 93.3 cm³/mol. The number of thiazole rings is 1. The van der Waals surface area contributed by atoms with E-state index >= 15 is 0 Å². The fourth-order valence-corrected chi connectivity index (χ4v) is 3.21. The number of amides is 1. The van der Waals surface area contributed by atoms with Crippen molar-refractivity contribution in [3.8, 4) is 0 Å². The molecule has 1 amide bonds. The second kappa shape index (κ2) is 8.32. The molecular weight excluding hydrogens is 329 g/mol. The lowest BCUT2D eigenvalue weighted by molar-refractivity contribution is 0.0703. The molecule has 0 aliphatic carbocycles. The summed E-state index contributed by atoms with van der Waals surface area (Å²) in [5.41, 5.74) is 0.0125. The lowest BCUT2D eigenvalue weighted by Crippen LogP contribution is -2.46. The molecule has 1 aromatic heterocycles. The van der Waals surface area contributed by atoms with Gasteiger partial charge in [0, 0.05) is 24.5 Å². The van der Waals surface area contributed by atoms with Gasteiger partial charge >= 0.3 is 0 Å². The smallest absolute Gasteiger partial charge is 0.265 e. The zero-order chi connectivity index (χ0) is 14.0. The van der Waals surface area contributed by atoms with Gasteiger partial charge in [-0.15, -0.1) is 36.2 Å². The molecule has 0 spiro atoms. The van der Waals surface area contributed by atoms with Gasteiger partial charge in [-0.2, -0.15) is 0 Å². The van der Waals surface area contributed by atoms with Crippen molar-refractivity contribution in [2.75, 3.05) is 20.1 Å². The Morgan fingerprint density at radius 2 is 2.10 bits per heavy atom. The molecule has 1 aliphatic rings. The van der Waals surface area contributed by atoms with Crippen molar-refractivity contribution in [3.05, 3.63) is 16.1 Å². The first-order valence-electron chi connectivity index (χ1n) is 6.84. The van der Waals surface area contributed by atoms with Crippen LogP contribution in [0.2, 0.25) is 0 Å². The summed E-state index contributed by atoms with van der Waals surface area (Å²) in [6, 6.07) is 0.424. The predicted octanol–water partition coefficient (Wildman–Crippen LogP) is 3.11. The quantitative estimate of drug-likeness (QED) is 0.888. The van der Waals surface area contributed by atoms with Crippen molar-refractivity contribution in [2.45, 2.75) is 45.1 Å². The van der Waals surface area contributed by atoms with Gasteiger partial charge in [-0.25, -0.2) is 4.98 Å². The number of likely N-dealkylation sites (tertiary alicyclic amines) is 1. The summed E-state index contributed by atoms with van der Waals surface area (Å²) in [7, 11) is 1.96. The molecule has 2 rings (SSSR count). The molecule has 0 saturated carbocycles. The molecule has 1 saturated heterocycles. The van der Waals surface area contributed by atoms with Crippen LogP contribution < -0.4 is 5.32 Å². The lowest BCUT2D eigenvalue weighted by atomic mass is 9.98. The van der Waals surface area contributed by atoms with Gasteiger partial charge in [0.15, 0.2) is 0 Å². The van der Waals surface area contributed by atoms with Crippen LogP contribution in [0.25, 0.3) is 0 Å². The molecule has 1 aromatic rings. The van der Waals surface area contributed by atoms with Crippen LogP contribution in [0.4, 0.5) is 0 Å². The van der Waals surface area contributed by atoms with E-state index < -0.39 is 0 Å². The minimum Gasteiger partial charge on any atom is -0.336 e. The maximum absolute atomic E-state index is 12.5. The molecule has 0 bridgehead atoms. The molecular formula is C14H25Cl2N3OS. The minimum absolute atomic E-state index is 0. The largest absolute Gasteiger partial charge is 0.336 e. The standard InChI is InChI=1S/C14H23N3OS.2ClH/c1-14(2,3)13-16-8-11(19-13)12(18)17-7-5-6-10(9-17)15-4;;/h8,10,15H,5-7,9H2,1-4H3;2*1H. The highest BCUT2D eigenvalue weighted by Gasteiger charge is 2.26. The average Bonchev–Trinajstić information content (AvgIpc) is 2.87. The second-order valence-electron chi connectivity index (χ2n) is 6.16. The van der Waals surface area contributed by atoms with Gasteiger partial charge in [-0.1, -0.05) is 20.8 Å². The van der Waals surface area contributed by atoms with Crippen molar-refractivity contribution >= 4 is 42.1 Å². The van der Waals surface area contributed by atoms with E-state index in [1.807, 2.05) is 11.9 Å². The van der Waals surface area contributed by atoms with Crippen molar-refractivity contribution in [1.29, 1.82) is 0 Å². The Labute approximate surface area is 143 Å². The molecule has 1 fully saturated rings. The number of hydrogen-bond acceptors (Lipinski definition) is 4. The molecule has 7 heteroatoms. The van der Waals surface area contributed by atoms with Crippen molar-refractivity contribution in [2.24, 2.45) is 0 Å². The molecule has 4 nitrogen and oxygen atoms in total. The first-order valence-corrected chi connectivity index (χ1v) is 7.66. The number of nitrogens with one attached hydrogen (secondary N) is 1. The number of carbonyl (C=O) groups excluding carboxylic acids is 1. The highest BCUT2D eigenvalue weighted by atomic mass is 35.5. The molecule has 0 radical (unpaired) electrons. The van der Waals surface area contributed by atoms with Gasteiger partial charge in [0.05, 0.1) is 11.2 Å². The summed E-state index contributed by atoms with van der Waals surface area (Å²) in [6.07, 6.45) is 3.95. The van der Waals surface area contributed by atoms with Gasteiger partial charge in [-0.05, 0) is 19.9 Å².